The highest BCUT2D eigenvalue weighted by atomic mass is 16.4. The summed E-state index contributed by atoms with van der Waals surface area (Å²) in [6.07, 6.45) is 4.44. The maximum atomic E-state index is 11.0. The molecule has 16 heavy (non-hydrogen) atoms. The molecule has 0 aromatic carbocycles. The number of carboxylic acids is 2. The average Bonchev–Trinajstić information content (AvgIpc) is 2.63. The average molecular weight is 223 g/mol. The lowest BCUT2D eigenvalue weighted by molar-refractivity contribution is -0.141. The van der Waals surface area contributed by atoms with Crippen molar-refractivity contribution in [2.75, 3.05) is 0 Å². The third kappa shape index (κ3) is 2.73. The molecular weight excluding hydrogens is 210 g/mol. The van der Waals surface area contributed by atoms with Gasteiger partial charge in [0.2, 0.25) is 0 Å². The molecule has 1 atom stereocenters. The highest BCUT2D eigenvalue weighted by molar-refractivity contribution is 5.85. The molecule has 1 rings (SSSR count). The number of hydrogen-bond acceptors (Lipinski definition) is 2. The first kappa shape index (κ1) is 12.0. The Morgan fingerprint density at radius 2 is 2.19 bits per heavy atom. The second-order valence-electron chi connectivity index (χ2n) is 3.27. The van der Waals surface area contributed by atoms with Crippen molar-refractivity contribution in [3.8, 4) is 0 Å². The molecule has 1 heterocycles. The second-order valence-corrected chi connectivity index (χ2v) is 3.27. The van der Waals surface area contributed by atoms with E-state index in [1.165, 1.54) is 6.08 Å². The largest absolute Gasteiger partial charge is 0.480 e. The van der Waals surface area contributed by atoms with E-state index in [-0.39, 0.29) is 0 Å². The van der Waals surface area contributed by atoms with Crippen LogP contribution in [0.3, 0.4) is 0 Å². The van der Waals surface area contributed by atoms with Crippen LogP contribution in [-0.4, -0.2) is 26.7 Å². The Morgan fingerprint density at radius 3 is 2.69 bits per heavy atom. The van der Waals surface area contributed by atoms with Gasteiger partial charge < -0.3 is 14.8 Å². The molecule has 1 unspecified atom stereocenters. The molecule has 5 heteroatoms. The molecule has 0 saturated carbocycles. The van der Waals surface area contributed by atoms with Crippen molar-refractivity contribution >= 4 is 18.0 Å². The Morgan fingerprint density at radius 1 is 1.50 bits per heavy atom. The van der Waals surface area contributed by atoms with Crippen molar-refractivity contribution in [2.45, 2.75) is 19.4 Å². The van der Waals surface area contributed by atoms with Crippen LogP contribution in [0.2, 0.25) is 0 Å². The Bertz CT molecular complexity index is 419. The van der Waals surface area contributed by atoms with Crippen LogP contribution < -0.4 is 0 Å². The van der Waals surface area contributed by atoms with Crippen LogP contribution in [0, 0.1) is 0 Å². The summed E-state index contributed by atoms with van der Waals surface area (Å²) < 4.78 is 1.54. The summed E-state index contributed by atoms with van der Waals surface area (Å²) in [6, 6.07) is 2.70. The number of rotatable bonds is 5. The highest BCUT2D eigenvalue weighted by Gasteiger charge is 2.17. The maximum Gasteiger partial charge on any atom is 0.328 e. The fourth-order valence-electron chi connectivity index (χ4n) is 1.48. The third-order valence-corrected chi connectivity index (χ3v) is 2.22. The minimum absolute atomic E-state index is 0.442. The number of aromatic nitrogens is 1. The van der Waals surface area contributed by atoms with Crippen molar-refractivity contribution in [1.29, 1.82) is 0 Å². The van der Waals surface area contributed by atoms with Gasteiger partial charge in [-0.05, 0) is 24.6 Å². The summed E-state index contributed by atoms with van der Waals surface area (Å²) in [5, 5.41) is 17.5. The molecule has 2 N–H and O–H groups in total. The third-order valence-electron chi connectivity index (χ3n) is 2.22. The van der Waals surface area contributed by atoms with Crippen LogP contribution in [0.5, 0.6) is 0 Å². The van der Waals surface area contributed by atoms with E-state index in [0.717, 1.165) is 6.08 Å². The van der Waals surface area contributed by atoms with E-state index in [4.69, 9.17) is 10.2 Å². The van der Waals surface area contributed by atoms with E-state index in [0.29, 0.717) is 12.1 Å². The lowest BCUT2D eigenvalue weighted by Gasteiger charge is -2.14. The van der Waals surface area contributed by atoms with Crippen molar-refractivity contribution < 1.29 is 19.8 Å². The smallest absolute Gasteiger partial charge is 0.328 e. The Labute approximate surface area is 92.6 Å². The number of hydrogen-bond donors (Lipinski definition) is 2. The van der Waals surface area contributed by atoms with E-state index in [1.807, 2.05) is 0 Å². The van der Waals surface area contributed by atoms with Crippen molar-refractivity contribution in [1.82, 2.24) is 4.57 Å². The SMILES string of the molecule is CCC(C(=O)O)n1cccc1/C=C/C(=O)O. The summed E-state index contributed by atoms with van der Waals surface area (Å²) in [5.41, 5.74) is 0.566. The number of aliphatic carboxylic acids is 2. The summed E-state index contributed by atoms with van der Waals surface area (Å²) in [4.78, 5) is 21.3. The molecule has 1 aromatic heterocycles. The Balaban J connectivity index is 3.01. The van der Waals surface area contributed by atoms with Crippen molar-refractivity contribution in [2.24, 2.45) is 0 Å². The first-order chi connectivity index (χ1) is 7.56. The molecule has 0 fully saturated rings. The second kappa shape index (κ2) is 5.16. The molecule has 86 valence electrons. The molecule has 0 spiro atoms. The van der Waals surface area contributed by atoms with Gasteiger partial charge in [0.05, 0.1) is 0 Å². The molecule has 0 radical (unpaired) electrons. The van der Waals surface area contributed by atoms with Gasteiger partial charge in [-0.25, -0.2) is 9.59 Å². The Hall–Kier alpha value is -2.04. The quantitative estimate of drug-likeness (QED) is 0.743. The minimum Gasteiger partial charge on any atom is -0.480 e. The normalized spacial score (nSPS) is 12.8. The molecule has 0 saturated heterocycles. The van der Waals surface area contributed by atoms with Gasteiger partial charge in [0.25, 0.3) is 0 Å². The summed E-state index contributed by atoms with van der Waals surface area (Å²) >= 11 is 0. The monoisotopic (exact) mass is 223 g/mol. The van der Waals surface area contributed by atoms with E-state index in [1.54, 1.807) is 29.8 Å². The van der Waals surface area contributed by atoms with Gasteiger partial charge in [-0.3, -0.25) is 0 Å². The maximum absolute atomic E-state index is 11.0. The van der Waals surface area contributed by atoms with Gasteiger partial charge in [-0.2, -0.15) is 0 Å². The van der Waals surface area contributed by atoms with Gasteiger partial charge in [0.1, 0.15) is 6.04 Å². The van der Waals surface area contributed by atoms with E-state index in [9.17, 15) is 9.59 Å². The van der Waals surface area contributed by atoms with E-state index >= 15 is 0 Å². The molecule has 0 aliphatic rings. The van der Waals surface area contributed by atoms with Gasteiger partial charge in [-0.15, -0.1) is 0 Å². The van der Waals surface area contributed by atoms with Gasteiger partial charge in [-0.1, -0.05) is 6.92 Å². The van der Waals surface area contributed by atoms with Crippen LogP contribution >= 0.6 is 0 Å². The van der Waals surface area contributed by atoms with Gasteiger partial charge in [0, 0.05) is 18.0 Å². The summed E-state index contributed by atoms with van der Waals surface area (Å²) in [6.45, 7) is 1.77. The zero-order valence-corrected chi connectivity index (χ0v) is 8.83. The summed E-state index contributed by atoms with van der Waals surface area (Å²) in [5.74, 6) is -1.99. The minimum atomic E-state index is -1.06. The topological polar surface area (TPSA) is 79.5 Å². The summed E-state index contributed by atoms with van der Waals surface area (Å²) in [7, 11) is 0. The van der Waals surface area contributed by atoms with Crippen LogP contribution in [0.15, 0.2) is 24.4 Å². The number of carbonyl (C=O) groups is 2. The lowest BCUT2D eigenvalue weighted by Crippen LogP contribution is -2.18. The molecule has 0 aliphatic carbocycles. The standard InChI is InChI=1S/C11H13NO4/c1-2-9(11(15)16)12-7-3-4-8(12)5-6-10(13)14/h3-7,9H,2H2,1H3,(H,13,14)(H,15,16)/b6-5+. The van der Waals surface area contributed by atoms with Gasteiger partial charge >= 0.3 is 11.9 Å². The highest BCUT2D eigenvalue weighted by Crippen LogP contribution is 2.16. The molecule has 0 amide bonds. The van der Waals surface area contributed by atoms with Crippen LogP contribution in [0.4, 0.5) is 0 Å². The molecule has 5 nitrogen and oxygen atoms in total. The zero-order chi connectivity index (χ0) is 12.1. The molecule has 1 aromatic rings. The lowest BCUT2D eigenvalue weighted by atomic mass is 10.2. The predicted molar refractivity (Wildman–Crippen MR) is 58.1 cm³/mol. The van der Waals surface area contributed by atoms with Crippen LogP contribution in [0.1, 0.15) is 25.1 Å². The zero-order valence-electron chi connectivity index (χ0n) is 8.83. The predicted octanol–water partition coefficient (Wildman–Crippen LogP) is 1.62. The molecular formula is C11H13NO4. The molecule has 0 aliphatic heterocycles. The van der Waals surface area contributed by atoms with Crippen molar-refractivity contribution in [3.63, 3.8) is 0 Å². The first-order valence-electron chi connectivity index (χ1n) is 4.87. The number of carboxylic acid groups (broad SMARTS) is 2. The fourth-order valence-corrected chi connectivity index (χ4v) is 1.48. The fraction of sp³-hybridized carbons (Fsp3) is 0.273. The van der Waals surface area contributed by atoms with E-state index in [2.05, 4.69) is 0 Å². The van der Waals surface area contributed by atoms with E-state index < -0.39 is 18.0 Å². The van der Waals surface area contributed by atoms with Crippen LogP contribution in [0.25, 0.3) is 6.08 Å². The van der Waals surface area contributed by atoms with Crippen LogP contribution in [-0.2, 0) is 9.59 Å². The Kier molecular flexibility index (Phi) is 3.88. The van der Waals surface area contributed by atoms with Crippen molar-refractivity contribution in [3.05, 3.63) is 30.1 Å². The number of nitrogens with zero attached hydrogens (tertiary/aromatic N) is 1. The molecule has 0 bridgehead atoms. The first-order valence-corrected chi connectivity index (χ1v) is 4.87. The van der Waals surface area contributed by atoms with Gasteiger partial charge in [0.15, 0.2) is 0 Å².